The average Bonchev–Trinajstić information content (AvgIpc) is 2.95. The Morgan fingerprint density at radius 1 is 1.59 bits per heavy atom. The number of thiophene rings is 1. The fraction of sp³-hybridized carbons (Fsp3) is 0.583. The molecule has 1 aromatic heterocycles. The smallest absolute Gasteiger partial charge is 0.240 e. The minimum absolute atomic E-state index is 0.137. The maximum atomic E-state index is 12.2. The average molecular weight is 252 g/mol. The van der Waals surface area contributed by atoms with Gasteiger partial charge in [-0.15, -0.1) is 11.3 Å². The second-order valence-corrected chi connectivity index (χ2v) is 5.73. The maximum Gasteiger partial charge on any atom is 0.240 e. The van der Waals surface area contributed by atoms with Gasteiger partial charge in [0, 0.05) is 24.5 Å². The zero-order valence-corrected chi connectivity index (χ0v) is 10.4. The summed E-state index contributed by atoms with van der Waals surface area (Å²) in [5.74, 6) is 0.137. The Labute approximate surface area is 104 Å². The third-order valence-corrected chi connectivity index (χ3v) is 4.55. The summed E-state index contributed by atoms with van der Waals surface area (Å²) in [6.45, 7) is 2.07. The van der Waals surface area contributed by atoms with Crippen molar-refractivity contribution in [1.29, 1.82) is 0 Å². The van der Waals surface area contributed by atoms with Gasteiger partial charge in [0.15, 0.2) is 0 Å². The van der Waals surface area contributed by atoms with Gasteiger partial charge in [0.25, 0.3) is 0 Å². The second kappa shape index (κ2) is 4.40. The van der Waals surface area contributed by atoms with Crippen LogP contribution >= 0.6 is 11.3 Å². The summed E-state index contributed by atoms with van der Waals surface area (Å²) in [6, 6.07) is 1.92. The lowest BCUT2D eigenvalue weighted by molar-refractivity contribution is -0.134. The lowest BCUT2D eigenvalue weighted by atomic mass is 10.1. The molecule has 2 atom stereocenters. The molecule has 0 aromatic carbocycles. The third-order valence-electron chi connectivity index (χ3n) is 3.53. The number of fused-ring (bicyclic) bond motifs is 1. The van der Waals surface area contributed by atoms with Gasteiger partial charge < -0.3 is 15.3 Å². The topological polar surface area (TPSA) is 52.6 Å². The van der Waals surface area contributed by atoms with Crippen LogP contribution in [0, 0.1) is 0 Å². The first-order chi connectivity index (χ1) is 8.24. The van der Waals surface area contributed by atoms with E-state index in [0.29, 0.717) is 13.0 Å². The van der Waals surface area contributed by atoms with Crippen molar-refractivity contribution in [2.45, 2.75) is 31.5 Å². The van der Waals surface area contributed by atoms with E-state index in [1.165, 1.54) is 10.4 Å². The van der Waals surface area contributed by atoms with Crippen LogP contribution in [0.1, 0.15) is 16.9 Å². The maximum absolute atomic E-state index is 12.2. The Bertz CT molecular complexity index is 432. The number of hydrogen-bond acceptors (Lipinski definition) is 4. The summed E-state index contributed by atoms with van der Waals surface area (Å²) in [4.78, 5) is 15.6. The van der Waals surface area contributed by atoms with Gasteiger partial charge in [0.1, 0.15) is 0 Å². The molecule has 2 N–H and O–H groups in total. The summed E-state index contributed by atoms with van der Waals surface area (Å²) in [5.41, 5.74) is 1.29. The van der Waals surface area contributed by atoms with Crippen molar-refractivity contribution < 1.29 is 9.90 Å². The third kappa shape index (κ3) is 2.10. The summed E-state index contributed by atoms with van der Waals surface area (Å²) in [6.07, 6.45) is 1.14. The molecule has 2 aliphatic rings. The minimum atomic E-state index is -0.370. The Morgan fingerprint density at radius 2 is 2.47 bits per heavy atom. The molecule has 3 rings (SSSR count). The van der Waals surface area contributed by atoms with Crippen molar-refractivity contribution in [1.82, 2.24) is 10.2 Å². The first-order valence-electron chi connectivity index (χ1n) is 5.99. The summed E-state index contributed by atoms with van der Waals surface area (Å²) < 4.78 is 0. The van der Waals surface area contributed by atoms with Gasteiger partial charge in [-0.25, -0.2) is 0 Å². The molecule has 1 aromatic rings. The Hall–Kier alpha value is -0.910. The number of aliphatic hydroxyl groups is 1. The number of carbonyl (C=O) groups excluding carboxylic acids is 1. The fourth-order valence-electron chi connectivity index (χ4n) is 2.56. The second-order valence-electron chi connectivity index (χ2n) is 4.73. The Morgan fingerprint density at radius 3 is 3.24 bits per heavy atom. The monoisotopic (exact) mass is 252 g/mol. The minimum Gasteiger partial charge on any atom is -0.392 e. The molecule has 0 bridgehead atoms. The van der Waals surface area contributed by atoms with E-state index < -0.39 is 0 Å². The van der Waals surface area contributed by atoms with Crippen LogP contribution in [-0.2, 0) is 17.8 Å². The van der Waals surface area contributed by atoms with E-state index in [1.807, 2.05) is 4.90 Å². The van der Waals surface area contributed by atoms with Crippen molar-refractivity contribution in [3.05, 3.63) is 21.9 Å². The van der Waals surface area contributed by atoms with E-state index in [-0.39, 0.29) is 18.1 Å². The van der Waals surface area contributed by atoms with E-state index in [2.05, 4.69) is 16.8 Å². The largest absolute Gasteiger partial charge is 0.392 e. The lowest BCUT2D eigenvalue weighted by Gasteiger charge is -2.29. The van der Waals surface area contributed by atoms with Crippen molar-refractivity contribution in [2.75, 3.05) is 13.1 Å². The summed E-state index contributed by atoms with van der Waals surface area (Å²) in [5, 5.41) is 14.6. The predicted molar refractivity (Wildman–Crippen MR) is 65.9 cm³/mol. The van der Waals surface area contributed by atoms with Gasteiger partial charge in [-0.05, 0) is 29.9 Å². The lowest BCUT2D eigenvalue weighted by Crippen LogP contribution is -2.45. The molecule has 4 nitrogen and oxygen atoms in total. The van der Waals surface area contributed by atoms with Crippen molar-refractivity contribution >= 4 is 17.2 Å². The molecule has 2 aliphatic heterocycles. The number of amides is 1. The molecule has 5 heteroatoms. The van der Waals surface area contributed by atoms with E-state index in [9.17, 15) is 9.90 Å². The molecule has 1 amide bonds. The number of nitrogens with one attached hydrogen (secondary N) is 1. The number of nitrogens with zero attached hydrogens (tertiary/aromatic N) is 1. The zero-order valence-electron chi connectivity index (χ0n) is 9.56. The van der Waals surface area contributed by atoms with Crippen LogP contribution in [0.4, 0.5) is 0 Å². The zero-order chi connectivity index (χ0) is 11.8. The van der Waals surface area contributed by atoms with Crippen LogP contribution in [0.5, 0.6) is 0 Å². The van der Waals surface area contributed by atoms with Gasteiger partial charge in [-0.2, -0.15) is 0 Å². The fourth-order valence-corrected chi connectivity index (χ4v) is 3.45. The van der Waals surface area contributed by atoms with Gasteiger partial charge in [-0.3, -0.25) is 4.79 Å². The molecule has 0 radical (unpaired) electrons. The Kier molecular flexibility index (Phi) is 2.90. The first kappa shape index (κ1) is 11.2. The molecule has 1 saturated heterocycles. The van der Waals surface area contributed by atoms with Crippen LogP contribution < -0.4 is 5.32 Å². The summed E-state index contributed by atoms with van der Waals surface area (Å²) in [7, 11) is 0. The highest BCUT2D eigenvalue weighted by Crippen LogP contribution is 2.25. The highest BCUT2D eigenvalue weighted by Gasteiger charge is 2.32. The molecule has 0 saturated carbocycles. The van der Waals surface area contributed by atoms with Gasteiger partial charge in [0.05, 0.1) is 12.1 Å². The highest BCUT2D eigenvalue weighted by molar-refractivity contribution is 7.10. The number of hydrogen-bond donors (Lipinski definition) is 2. The van der Waals surface area contributed by atoms with Crippen LogP contribution in [0.25, 0.3) is 0 Å². The number of carbonyl (C=O) groups is 1. The van der Waals surface area contributed by atoms with E-state index in [1.54, 1.807) is 11.3 Å². The van der Waals surface area contributed by atoms with Gasteiger partial charge in [0.2, 0.25) is 5.91 Å². The first-order valence-corrected chi connectivity index (χ1v) is 6.87. The molecular formula is C12H16N2O2S. The molecule has 0 aliphatic carbocycles. The molecule has 17 heavy (non-hydrogen) atoms. The van der Waals surface area contributed by atoms with E-state index in [0.717, 1.165) is 19.5 Å². The number of rotatable bonds is 1. The Balaban J connectivity index is 1.68. The quantitative estimate of drug-likeness (QED) is 0.758. The number of β-amino-alcohol motifs (C(OH)–C–C–N with tert-alkyl or cyclic N) is 1. The van der Waals surface area contributed by atoms with Crippen molar-refractivity contribution in [3.8, 4) is 0 Å². The molecule has 0 spiro atoms. The summed E-state index contributed by atoms with van der Waals surface area (Å²) >= 11 is 1.78. The van der Waals surface area contributed by atoms with Gasteiger partial charge >= 0.3 is 0 Å². The molecule has 2 unspecified atom stereocenters. The van der Waals surface area contributed by atoms with Crippen LogP contribution in [0.2, 0.25) is 0 Å². The van der Waals surface area contributed by atoms with E-state index >= 15 is 0 Å². The molecule has 1 fully saturated rings. The molecule has 3 heterocycles. The van der Waals surface area contributed by atoms with Gasteiger partial charge in [-0.1, -0.05) is 0 Å². The van der Waals surface area contributed by atoms with Crippen LogP contribution in [0.15, 0.2) is 11.4 Å². The number of aliphatic hydroxyl groups excluding tert-OH is 1. The van der Waals surface area contributed by atoms with Crippen molar-refractivity contribution in [3.63, 3.8) is 0 Å². The van der Waals surface area contributed by atoms with Crippen molar-refractivity contribution in [2.24, 2.45) is 0 Å². The highest BCUT2D eigenvalue weighted by atomic mass is 32.1. The molecule has 92 valence electrons. The van der Waals surface area contributed by atoms with E-state index in [4.69, 9.17) is 0 Å². The SMILES string of the molecule is O=C(C1CC(O)CN1)N1CCc2sccc2C1. The van der Waals surface area contributed by atoms with Crippen LogP contribution in [-0.4, -0.2) is 41.1 Å². The normalized spacial score (nSPS) is 28.2. The van der Waals surface area contributed by atoms with Crippen LogP contribution in [0.3, 0.4) is 0 Å². The molecular weight excluding hydrogens is 236 g/mol. The standard InChI is InChI=1S/C12H16N2O2S/c15-9-5-10(13-6-9)12(16)14-3-1-11-8(7-14)2-4-17-11/h2,4,9-10,13,15H,1,3,5-7H2. The predicted octanol–water partition coefficient (Wildman–Crippen LogP) is 0.356.